The van der Waals surface area contributed by atoms with Crippen LogP contribution in [0.25, 0.3) is 0 Å². The lowest BCUT2D eigenvalue weighted by atomic mass is 9.98. The van der Waals surface area contributed by atoms with Crippen LogP contribution in [0.2, 0.25) is 0 Å². The quantitative estimate of drug-likeness (QED) is 0.793. The van der Waals surface area contributed by atoms with Crippen molar-refractivity contribution in [3.8, 4) is 0 Å². The standard InChI is InChI=1S/C13H24N4/c1-5-17-10-12(8-14-17)9-16-7-6-15(4)11-13(16,2)3/h8,10H,5-7,9,11H2,1-4H3. The molecule has 1 aliphatic heterocycles. The maximum absolute atomic E-state index is 4.34. The fourth-order valence-electron chi connectivity index (χ4n) is 2.61. The Labute approximate surface area is 104 Å². The van der Waals surface area contributed by atoms with Gasteiger partial charge in [-0.3, -0.25) is 9.58 Å². The Morgan fingerprint density at radius 2 is 2.12 bits per heavy atom. The van der Waals surface area contributed by atoms with E-state index in [1.807, 2.05) is 10.9 Å². The van der Waals surface area contributed by atoms with Crippen LogP contribution in [0.3, 0.4) is 0 Å². The topological polar surface area (TPSA) is 24.3 Å². The number of rotatable bonds is 3. The highest BCUT2D eigenvalue weighted by Crippen LogP contribution is 2.22. The van der Waals surface area contributed by atoms with Gasteiger partial charge in [0.2, 0.25) is 0 Å². The van der Waals surface area contributed by atoms with Gasteiger partial charge in [-0.25, -0.2) is 0 Å². The summed E-state index contributed by atoms with van der Waals surface area (Å²) in [4.78, 5) is 4.97. The third-order valence-corrected chi connectivity index (χ3v) is 3.65. The first kappa shape index (κ1) is 12.6. The van der Waals surface area contributed by atoms with E-state index in [0.29, 0.717) is 0 Å². The zero-order chi connectivity index (χ0) is 12.5. The average molecular weight is 236 g/mol. The number of hydrogen-bond donors (Lipinski definition) is 0. The summed E-state index contributed by atoms with van der Waals surface area (Å²) in [6.07, 6.45) is 4.16. The zero-order valence-corrected chi connectivity index (χ0v) is 11.5. The van der Waals surface area contributed by atoms with Gasteiger partial charge in [0.05, 0.1) is 6.20 Å². The maximum atomic E-state index is 4.34. The minimum Gasteiger partial charge on any atom is -0.303 e. The molecule has 17 heavy (non-hydrogen) atoms. The highest BCUT2D eigenvalue weighted by molar-refractivity contribution is 5.05. The molecule has 1 aromatic rings. The van der Waals surface area contributed by atoms with E-state index in [9.17, 15) is 0 Å². The number of piperazine rings is 1. The zero-order valence-electron chi connectivity index (χ0n) is 11.5. The number of hydrogen-bond acceptors (Lipinski definition) is 3. The molecule has 0 atom stereocenters. The van der Waals surface area contributed by atoms with Crippen LogP contribution in [0.5, 0.6) is 0 Å². The summed E-state index contributed by atoms with van der Waals surface area (Å²) in [5.41, 5.74) is 1.57. The monoisotopic (exact) mass is 236 g/mol. The van der Waals surface area contributed by atoms with Crippen LogP contribution in [0, 0.1) is 0 Å². The molecule has 0 bridgehead atoms. The van der Waals surface area contributed by atoms with E-state index in [0.717, 1.165) is 32.7 Å². The van der Waals surface area contributed by atoms with Crippen LogP contribution in [0.4, 0.5) is 0 Å². The van der Waals surface area contributed by atoms with Gasteiger partial charge in [-0.2, -0.15) is 5.10 Å². The molecule has 0 saturated carbocycles. The second-order valence-corrected chi connectivity index (χ2v) is 5.68. The summed E-state index contributed by atoms with van der Waals surface area (Å²) >= 11 is 0. The van der Waals surface area contributed by atoms with Crippen molar-refractivity contribution in [1.82, 2.24) is 19.6 Å². The molecule has 1 aromatic heterocycles. The molecule has 1 saturated heterocycles. The van der Waals surface area contributed by atoms with E-state index in [-0.39, 0.29) is 5.54 Å². The van der Waals surface area contributed by atoms with Crippen molar-refractivity contribution in [1.29, 1.82) is 0 Å². The minimum absolute atomic E-state index is 0.251. The molecule has 2 rings (SSSR count). The predicted molar refractivity (Wildman–Crippen MR) is 69.9 cm³/mol. The molecule has 0 aromatic carbocycles. The summed E-state index contributed by atoms with van der Waals surface area (Å²) in [6, 6.07) is 0. The van der Waals surface area contributed by atoms with Gasteiger partial charge in [0.1, 0.15) is 0 Å². The molecule has 0 N–H and O–H groups in total. The number of aryl methyl sites for hydroxylation is 1. The SMILES string of the molecule is CCn1cc(CN2CCN(C)CC2(C)C)cn1. The van der Waals surface area contributed by atoms with Crippen molar-refractivity contribution >= 4 is 0 Å². The van der Waals surface area contributed by atoms with Gasteiger partial charge in [-0.1, -0.05) is 0 Å². The van der Waals surface area contributed by atoms with Crippen LogP contribution < -0.4 is 0 Å². The molecule has 0 unspecified atom stereocenters. The molecule has 1 aliphatic rings. The largest absolute Gasteiger partial charge is 0.303 e. The molecule has 96 valence electrons. The molecule has 2 heterocycles. The van der Waals surface area contributed by atoms with Gasteiger partial charge in [0.15, 0.2) is 0 Å². The summed E-state index contributed by atoms with van der Waals surface area (Å²) in [7, 11) is 2.20. The highest BCUT2D eigenvalue weighted by atomic mass is 15.3. The Hall–Kier alpha value is -0.870. The summed E-state index contributed by atoms with van der Waals surface area (Å²) in [5, 5.41) is 4.34. The first-order chi connectivity index (χ1) is 8.01. The molecular formula is C13H24N4. The number of aromatic nitrogens is 2. The van der Waals surface area contributed by atoms with Crippen molar-refractivity contribution in [3.63, 3.8) is 0 Å². The summed E-state index contributed by atoms with van der Waals surface area (Å²) in [5.74, 6) is 0. The van der Waals surface area contributed by atoms with Gasteiger partial charge in [-0.15, -0.1) is 0 Å². The van der Waals surface area contributed by atoms with E-state index in [2.05, 4.69) is 48.9 Å². The van der Waals surface area contributed by atoms with Crippen LogP contribution in [0.1, 0.15) is 26.3 Å². The fourth-order valence-corrected chi connectivity index (χ4v) is 2.61. The fraction of sp³-hybridized carbons (Fsp3) is 0.769. The molecular weight excluding hydrogens is 212 g/mol. The molecule has 0 radical (unpaired) electrons. The van der Waals surface area contributed by atoms with E-state index in [4.69, 9.17) is 0 Å². The smallest absolute Gasteiger partial charge is 0.0534 e. The number of nitrogens with zero attached hydrogens (tertiary/aromatic N) is 4. The summed E-state index contributed by atoms with van der Waals surface area (Å²) in [6.45, 7) is 12.2. The van der Waals surface area contributed by atoms with Crippen LogP contribution in [-0.2, 0) is 13.1 Å². The Kier molecular flexibility index (Phi) is 3.54. The Morgan fingerprint density at radius 3 is 2.71 bits per heavy atom. The molecule has 4 heteroatoms. The maximum Gasteiger partial charge on any atom is 0.0534 e. The van der Waals surface area contributed by atoms with Gasteiger partial charge >= 0.3 is 0 Å². The van der Waals surface area contributed by atoms with Crippen molar-refractivity contribution in [2.75, 3.05) is 26.7 Å². The average Bonchev–Trinajstić information content (AvgIpc) is 2.69. The molecule has 0 amide bonds. The third-order valence-electron chi connectivity index (χ3n) is 3.65. The van der Waals surface area contributed by atoms with E-state index in [1.54, 1.807) is 0 Å². The van der Waals surface area contributed by atoms with Gasteiger partial charge in [-0.05, 0) is 27.8 Å². The number of likely N-dealkylation sites (N-methyl/N-ethyl adjacent to an activating group) is 1. The predicted octanol–water partition coefficient (Wildman–Crippen LogP) is 1.43. The van der Waals surface area contributed by atoms with Crippen molar-refractivity contribution in [2.45, 2.75) is 39.4 Å². The lowest BCUT2D eigenvalue weighted by Crippen LogP contribution is -2.57. The third kappa shape index (κ3) is 2.87. The lowest BCUT2D eigenvalue weighted by molar-refractivity contribution is 0.0254. The van der Waals surface area contributed by atoms with Gasteiger partial charge in [0.25, 0.3) is 0 Å². The van der Waals surface area contributed by atoms with Crippen LogP contribution in [-0.4, -0.2) is 51.8 Å². The van der Waals surface area contributed by atoms with E-state index in [1.165, 1.54) is 5.56 Å². The van der Waals surface area contributed by atoms with Crippen molar-refractivity contribution in [2.24, 2.45) is 0 Å². The molecule has 1 fully saturated rings. The van der Waals surface area contributed by atoms with Crippen molar-refractivity contribution in [3.05, 3.63) is 18.0 Å². The highest BCUT2D eigenvalue weighted by Gasteiger charge is 2.32. The van der Waals surface area contributed by atoms with Crippen molar-refractivity contribution < 1.29 is 0 Å². The van der Waals surface area contributed by atoms with Gasteiger partial charge < -0.3 is 4.90 Å². The van der Waals surface area contributed by atoms with Gasteiger partial charge in [0, 0.05) is 50.0 Å². The second-order valence-electron chi connectivity index (χ2n) is 5.68. The second kappa shape index (κ2) is 4.78. The first-order valence-electron chi connectivity index (χ1n) is 6.46. The Balaban J connectivity index is 2.02. The minimum atomic E-state index is 0.251. The van der Waals surface area contributed by atoms with E-state index >= 15 is 0 Å². The van der Waals surface area contributed by atoms with Crippen LogP contribution >= 0.6 is 0 Å². The lowest BCUT2D eigenvalue weighted by Gasteiger charge is -2.46. The van der Waals surface area contributed by atoms with E-state index < -0.39 is 0 Å². The normalized spacial score (nSPS) is 21.9. The molecule has 4 nitrogen and oxygen atoms in total. The van der Waals surface area contributed by atoms with Crippen LogP contribution in [0.15, 0.2) is 12.4 Å². The Morgan fingerprint density at radius 1 is 1.35 bits per heavy atom. The first-order valence-corrected chi connectivity index (χ1v) is 6.46. The molecule has 0 aliphatic carbocycles. The Bertz CT molecular complexity index is 369. The summed E-state index contributed by atoms with van der Waals surface area (Å²) < 4.78 is 2.00. The molecule has 0 spiro atoms.